The molecule has 2 aromatic carbocycles. The maximum atomic E-state index is 12.1. The minimum atomic E-state index is -0.935. The number of benzene rings is 2. The van der Waals surface area contributed by atoms with E-state index in [0.717, 1.165) is 0 Å². The number of amides is 3. The van der Waals surface area contributed by atoms with E-state index in [1.54, 1.807) is 42.5 Å². The van der Waals surface area contributed by atoms with Crippen LogP contribution in [-0.2, 0) is 0 Å². The molecule has 0 fully saturated rings. The first-order chi connectivity index (χ1) is 13.5. The standard InChI is InChI=1S/C20H25N3O5/c1-4-21-19(25)13-5-7-15(8-6-13)23-20(26)22-12-18(24)14-9-16(27-2)11-17(10-14)28-3/h5-11,18,24H,4,12H2,1-3H3,(H,21,25)(H2,22,23,26)/t18-/m0/s1. The molecular weight excluding hydrogens is 362 g/mol. The molecule has 8 nitrogen and oxygen atoms in total. The van der Waals surface area contributed by atoms with E-state index in [0.29, 0.717) is 34.9 Å². The lowest BCUT2D eigenvalue weighted by Gasteiger charge is -2.15. The lowest BCUT2D eigenvalue weighted by molar-refractivity contribution is 0.0956. The minimum Gasteiger partial charge on any atom is -0.497 e. The Bertz CT molecular complexity index is 786. The predicted octanol–water partition coefficient (Wildman–Crippen LogP) is 2.31. The molecule has 1 atom stereocenters. The van der Waals surface area contributed by atoms with E-state index in [-0.39, 0.29) is 12.5 Å². The summed E-state index contributed by atoms with van der Waals surface area (Å²) >= 11 is 0. The molecule has 2 rings (SSSR count). The molecule has 8 heteroatoms. The molecule has 0 saturated carbocycles. The van der Waals surface area contributed by atoms with E-state index >= 15 is 0 Å². The van der Waals surface area contributed by atoms with Crippen LogP contribution >= 0.6 is 0 Å². The second-order valence-electron chi connectivity index (χ2n) is 5.93. The fourth-order valence-electron chi connectivity index (χ4n) is 2.47. The molecule has 28 heavy (non-hydrogen) atoms. The van der Waals surface area contributed by atoms with Crippen molar-refractivity contribution in [2.24, 2.45) is 0 Å². The van der Waals surface area contributed by atoms with Crippen molar-refractivity contribution < 1.29 is 24.2 Å². The lowest BCUT2D eigenvalue weighted by Crippen LogP contribution is -2.32. The number of carbonyl (C=O) groups is 2. The van der Waals surface area contributed by atoms with Gasteiger partial charge in [0.05, 0.1) is 20.3 Å². The van der Waals surface area contributed by atoms with Crippen molar-refractivity contribution in [3.05, 3.63) is 53.6 Å². The minimum absolute atomic E-state index is 0.000848. The highest BCUT2D eigenvalue weighted by Crippen LogP contribution is 2.26. The van der Waals surface area contributed by atoms with Crippen molar-refractivity contribution >= 4 is 17.6 Å². The van der Waals surface area contributed by atoms with Gasteiger partial charge in [-0.05, 0) is 48.9 Å². The van der Waals surface area contributed by atoms with Crippen LogP contribution < -0.4 is 25.4 Å². The molecular formula is C20H25N3O5. The van der Waals surface area contributed by atoms with Gasteiger partial charge in [0.2, 0.25) is 0 Å². The average molecular weight is 387 g/mol. The summed E-state index contributed by atoms with van der Waals surface area (Å²) in [5.41, 5.74) is 1.60. The van der Waals surface area contributed by atoms with E-state index in [2.05, 4.69) is 16.0 Å². The maximum Gasteiger partial charge on any atom is 0.319 e. The van der Waals surface area contributed by atoms with Crippen LogP contribution in [0.2, 0.25) is 0 Å². The topological polar surface area (TPSA) is 109 Å². The van der Waals surface area contributed by atoms with Gasteiger partial charge in [0.15, 0.2) is 0 Å². The quantitative estimate of drug-likeness (QED) is 0.556. The third-order valence-corrected chi connectivity index (χ3v) is 3.96. The molecule has 0 saturated heterocycles. The van der Waals surface area contributed by atoms with Crippen LogP contribution in [0.1, 0.15) is 28.9 Å². The molecule has 0 unspecified atom stereocenters. The number of urea groups is 1. The number of nitrogens with one attached hydrogen (secondary N) is 3. The van der Waals surface area contributed by atoms with Gasteiger partial charge in [-0.25, -0.2) is 4.79 Å². The lowest BCUT2D eigenvalue weighted by atomic mass is 10.1. The van der Waals surface area contributed by atoms with E-state index in [1.807, 2.05) is 6.92 Å². The smallest absolute Gasteiger partial charge is 0.319 e. The second kappa shape index (κ2) is 10.2. The van der Waals surface area contributed by atoms with Crippen molar-refractivity contribution in [3.8, 4) is 11.5 Å². The Morgan fingerprint density at radius 1 is 1.00 bits per heavy atom. The van der Waals surface area contributed by atoms with Crippen molar-refractivity contribution in [2.45, 2.75) is 13.0 Å². The number of methoxy groups -OCH3 is 2. The first kappa shape index (κ1) is 21.0. The number of hydrogen-bond donors (Lipinski definition) is 4. The van der Waals surface area contributed by atoms with Gasteiger partial charge in [-0.15, -0.1) is 0 Å². The van der Waals surface area contributed by atoms with Gasteiger partial charge >= 0.3 is 6.03 Å². The number of hydrogen-bond acceptors (Lipinski definition) is 5. The van der Waals surface area contributed by atoms with Crippen LogP contribution in [0, 0.1) is 0 Å². The molecule has 150 valence electrons. The normalized spacial score (nSPS) is 11.3. The highest BCUT2D eigenvalue weighted by Gasteiger charge is 2.13. The summed E-state index contributed by atoms with van der Waals surface area (Å²) in [6.07, 6.45) is -0.935. The number of carbonyl (C=O) groups excluding carboxylic acids is 2. The molecule has 0 aliphatic rings. The Kier molecular flexibility index (Phi) is 7.65. The van der Waals surface area contributed by atoms with E-state index in [1.165, 1.54) is 14.2 Å². The molecule has 0 heterocycles. The number of rotatable bonds is 8. The molecule has 0 radical (unpaired) electrons. The van der Waals surface area contributed by atoms with E-state index in [4.69, 9.17) is 9.47 Å². The summed E-state index contributed by atoms with van der Waals surface area (Å²) in [4.78, 5) is 23.8. The second-order valence-corrected chi connectivity index (χ2v) is 5.93. The number of anilines is 1. The summed E-state index contributed by atoms with van der Waals surface area (Å²) in [6.45, 7) is 2.38. The Labute approximate surface area is 163 Å². The number of aliphatic hydroxyl groups excluding tert-OH is 1. The van der Waals surface area contributed by atoms with Crippen LogP contribution in [0.25, 0.3) is 0 Å². The van der Waals surface area contributed by atoms with Gasteiger partial charge in [-0.1, -0.05) is 0 Å². The van der Waals surface area contributed by atoms with Gasteiger partial charge in [0, 0.05) is 30.4 Å². The van der Waals surface area contributed by atoms with Crippen molar-refractivity contribution in [1.29, 1.82) is 0 Å². The third kappa shape index (κ3) is 5.88. The van der Waals surface area contributed by atoms with Gasteiger partial charge in [0.25, 0.3) is 5.91 Å². The average Bonchev–Trinajstić information content (AvgIpc) is 2.72. The van der Waals surface area contributed by atoms with Crippen molar-refractivity contribution in [2.75, 3.05) is 32.6 Å². The Hall–Kier alpha value is -3.26. The molecule has 0 aliphatic carbocycles. The molecule has 2 aromatic rings. The Morgan fingerprint density at radius 2 is 1.61 bits per heavy atom. The number of ether oxygens (including phenoxy) is 2. The highest BCUT2D eigenvalue weighted by atomic mass is 16.5. The number of aliphatic hydroxyl groups is 1. The molecule has 0 bridgehead atoms. The summed E-state index contributed by atoms with van der Waals surface area (Å²) in [5, 5.41) is 18.3. The SMILES string of the molecule is CCNC(=O)c1ccc(NC(=O)NC[C@H](O)c2cc(OC)cc(OC)c2)cc1. The Morgan fingerprint density at radius 3 is 2.14 bits per heavy atom. The highest BCUT2D eigenvalue weighted by molar-refractivity contribution is 5.95. The first-order valence-corrected chi connectivity index (χ1v) is 8.81. The summed E-state index contributed by atoms with van der Waals surface area (Å²) in [5.74, 6) is 0.922. The summed E-state index contributed by atoms with van der Waals surface area (Å²) < 4.78 is 10.3. The van der Waals surface area contributed by atoms with Crippen LogP contribution in [0.3, 0.4) is 0 Å². The zero-order chi connectivity index (χ0) is 20.5. The zero-order valence-corrected chi connectivity index (χ0v) is 16.1. The first-order valence-electron chi connectivity index (χ1n) is 8.81. The van der Waals surface area contributed by atoms with Crippen molar-refractivity contribution in [1.82, 2.24) is 10.6 Å². The van der Waals surface area contributed by atoms with Gasteiger partial charge in [-0.3, -0.25) is 4.79 Å². The predicted molar refractivity (Wildman–Crippen MR) is 106 cm³/mol. The van der Waals surface area contributed by atoms with E-state index < -0.39 is 12.1 Å². The largest absolute Gasteiger partial charge is 0.497 e. The monoisotopic (exact) mass is 387 g/mol. The molecule has 3 amide bonds. The fourth-order valence-corrected chi connectivity index (χ4v) is 2.47. The van der Waals surface area contributed by atoms with Crippen LogP contribution in [0.4, 0.5) is 10.5 Å². The van der Waals surface area contributed by atoms with Crippen molar-refractivity contribution in [3.63, 3.8) is 0 Å². The molecule has 0 aliphatic heterocycles. The van der Waals surface area contributed by atoms with Gasteiger partial charge in [0.1, 0.15) is 11.5 Å². The zero-order valence-electron chi connectivity index (χ0n) is 16.1. The Balaban J connectivity index is 1.90. The van der Waals surface area contributed by atoms with Crippen LogP contribution in [0.15, 0.2) is 42.5 Å². The van der Waals surface area contributed by atoms with Crippen LogP contribution in [0.5, 0.6) is 11.5 Å². The van der Waals surface area contributed by atoms with Gasteiger partial charge in [-0.2, -0.15) is 0 Å². The van der Waals surface area contributed by atoms with Crippen LogP contribution in [-0.4, -0.2) is 44.4 Å². The van der Waals surface area contributed by atoms with Gasteiger partial charge < -0.3 is 30.5 Å². The summed E-state index contributed by atoms with van der Waals surface area (Å²) in [6, 6.07) is 11.1. The summed E-state index contributed by atoms with van der Waals surface area (Å²) in [7, 11) is 3.04. The maximum absolute atomic E-state index is 12.1. The molecule has 4 N–H and O–H groups in total. The molecule has 0 spiro atoms. The fraction of sp³-hybridized carbons (Fsp3) is 0.300. The molecule has 0 aromatic heterocycles. The van der Waals surface area contributed by atoms with E-state index in [9.17, 15) is 14.7 Å². The third-order valence-electron chi connectivity index (χ3n) is 3.96.